The third-order valence-corrected chi connectivity index (χ3v) is 3.47. The van der Waals surface area contributed by atoms with E-state index in [1.807, 2.05) is 6.07 Å². The Labute approximate surface area is 134 Å². The molecule has 23 heavy (non-hydrogen) atoms. The highest BCUT2D eigenvalue weighted by Crippen LogP contribution is 2.29. The third kappa shape index (κ3) is 6.03. The average Bonchev–Trinajstić information content (AvgIpc) is 3.38. The molecule has 1 heterocycles. The van der Waals surface area contributed by atoms with Crippen LogP contribution in [0.3, 0.4) is 0 Å². The van der Waals surface area contributed by atoms with Gasteiger partial charge in [0.2, 0.25) is 5.91 Å². The van der Waals surface area contributed by atoms with E-state index in [2.05, 4.69) is 15.5 Å². The molecule has 1 aliphatic carbocycles. The zero-order valence-corrected chi connectivity index (χ0v) is 12.9. The lowest BCUT2D eigenvalue weighted by atomic mass is 10.2. The molecule has 1 saturated carbocycles. The Balaban J connectivity index is 1.67. The van der Waals surface area contributed by atoms with Crippen LogP contribution in [0, 0.1) is 5.92 Å². The first-order valence-electron chi connectivity index (χ1n) is 7.66. The Morgan fingerprint density at radius 2 is 2.13 bits per heavy atom. The molecule has 0 unspecified atom stereocenters. The number of nitrogens with one attached hydrogen (secondary N) is 1. The van der Waals surface area contributed by atoms with Gasteiger partial charge in [-0.1, -0.05) is 0 Å². The number of aryl methyl sites for hydroxylation is 1. The Morgan fingerprint density at radius 1 is 1.35 bits per heavy atom. The molecule has 1 aromatic heterocycles. The number of anilines is 1. The summed E-state index contributed by atoms with van der Waals surface area (Å²) in [5, 5.41) is 12.3. The van der Waals surface area contributed by atoms with Crippen LogP contribution in [0.5, 0.6) is 0 Å². The van der Waals surface area contributed by atoms with Crippen molar-refractivity contribution in [3.8, 4) is 0 Å². The van der Waals surface area contributed by atoms with Gasteiger partial charge >= 0.3 is 0 Å². The quantitative estimate of drug-likeness (QED) is 0.197. The Hall–Kier alpha value is -2.48. The van der Waals surface area contributed by atoms with Crippen molar-refractivity contribution in [2.24, 2.45) is 17.5 Å². The summed E-state index contributed by atoms with van der Waals surface area (Å²) >= 11 is 0. The molecule has 8 nitrogen and oxygen atoms in total. The van der Waals surface area contributed by atoms with Crippen molar-refractivity contribution in [3.63, 3.8) is 0 Å². The number of carbonyl (C=O) groups is 2. The van der Waals surface area contributed by atoms with Crippen LogP contribution in [0.1, 0.15) is 31.4 Å². The lowest BCUT2D eigenvalue weighted by molar-refractivity contribution is -0.117. The first-order valence-corrected chi connectivity index (χ1v) is 7.66. The van der Waals surface area contributed by atoms with Crippen LogP contribution in [0.25, 0.3) is 0 Å². The summed E-state index contributed by atoms with van der Waals surface area (Å²) in [4.78, 5) is 22.0. The minimum atomic E-state index is 0.0257. The fourth-order valence-electron chi connectivity index (χ4n) is 2.02. The number of amides is 1. The van der Waals surface area contributed by atoms with E-state index in [9.17, 15) is 9.59 Å². The molecule has 8 heteroatoms. The van der Waals surface area contributed by atoms with Crippen LogP contribution in [0.15, 0.2) is 24.0 Å². The lowest BCUT2D eigenvalue weighted by Gasteiger charge is -2.13. The summed E-state index contributed by atoms with van der Waals surface area (Å²) in [7, 11) is 0. The van der Waals surface area contributed by atoms with Crippen molar-refractivity contribution in [1.82, 2.24) is 15.2 Å². The van der Waals surface area contributed by atoms with Gasteiger partial charge in [-0.25, -0.2) is 5.84 Å². The van der Waals surface area contributed by atoms with Crippen LogP contribution in [0.4, 0.5) is 5.82 Å². The first kappa shape index (κ1) is 16.9. The topological polar surface area (TPSA) is 127 Å². The monoisotopic (exact) mass is 318 g/mol. The number of hydrogen-bond donors (Lipinski definition) is 3. The Bertz CT molecular complexity index is 568. The molecular formula is C15H22N6O2. The molecule has 2 rings (SSSR count). The van der Waals surface area contributed by atoms with Crippen molar-refractivity contribution in [2.75, 3.05) is 11.9 Å². The van der Waals surface area contributed by atoms with Crippen LogP contribution in [-0.4, -0.2) is 33.9 Å². The van der Waals surface area contributed by atoms with E-state index in [1.54, 1.807) is 6.07 Å². The maximum atomic E-state index is 11.6. The molecule has 0 spiro atoms. The van der Waals surface area contributed by atoms with Gasteiger partial charge in [-0.3, -0.25) is 9.59 Å². The molecule has 5 N–H and O–H groups in total. The second-order valence-corrected chi connectivity index (χ2v) is 5.62. The van der Waals surface area contributed by atoms with Crippen LogP contribution >= 0.6 is 0 Å². The predicted molar refractivity (Wildman–Crippen MR) is 85.6 cm³/mol. The largest absolute Gasteiger partial charge is 0.395 e. The number of rotatable bonds is 9. The van der Waals surface area contributed by atoms with Crippen LogP contribution in [-0.2, 0) is 16.0 Å². The van der Waals surface area contributed by atoms with Crippen LogP contribution in [0.2, 0.25) is 0 Å². The van der Waals surface area contributed by atoms with E-state index < -0.39 is 0 Å². The van der Waals surface area contributed by atoms with E-state index >= 15 is 0 Å². The van der Waals surface area contributed by atoms with Gasteiger partial charge in [-0.05, 0) is 44.2 Å². The standard InChI is InChI=1S/C15H22N6O2/c16-12(10-22)9-21(17)8-2-1-3-13-6-7-14(20-19-13)18-15(23)11-4-5-11/h6-7,9-11H,1-5,8,16-17H2,(H,18,20,23)/b12-9-. The molecule has 0 saturated heterocycles. The fourth-order valence-corrected chi connectivity index (χ4v) is 2.02. The van der Waals surface area contributed by atoms with Gasteiger partial charge < -0.3 is 16.1 Å². The molecule has 1 aliphatic rings. The van der Waals surface area contributed by atoms with Crippen molar-refractivity contribution in [2.45, 2.75) is 32.1 Å². The lowest BCUT2D eigenvalue weighted by Crippen LogP contribution is -2.27. The molecule has 1 aromatic rings. The molecule has 0 bridgehead atoms. The molecule has 1 fully saturated rings. The summed E-state index contributed by atoms with van der Waals surface area (Å²) in [6.07, 6.45) is 6.37. The van der Waals surface area contributed by atoms with Crippen LogP contribution < -0.4 is 16.9 Å². The van der Waals surface area contributed by atoms with Gasteiger partial charge in [-0.2, -0.15) is 5.10 Å². The van der Waals surface area contributed by atoms with Crippen molar-refractivity contribution in [1.29, 1.82) is 0 Å². The Kier molecular flexibility index (Phi) is 6.04. The summed E-state index contributed by atoms with van der Waals surface area (Å²) in [6.45, 7) is 0.595. The third-order valence-electron chi connectivity index (χ3n) is 3.47. The minimum Gasteiger partial charge on any atom is -0.395 e. The predicted octanol–water partition coefficient (Wildman–Crippen LogP) is 0.322. The highest BCUT2D eigenvalue weighted by atomic mass is 16.2. The highest BCUT2D eigenvalue weighted by molar-refractivity contribution is 5.93. The van der Waals surface area contributed by atoms with Gasteiger partial charge in [0, 0.05) is 18.7 Å². The molecular weight excluding hydrogens is 296 g/mol. The number of hydrazine groups is 1. The van der Waals surface area contributed by atoms with E-state index in [0.29, 0.717) is 18.6 Å². The maximum Gasteiger partial charge on any atom is 0.228 e. The molecule has 0 aliphatic heterocycles. The number of carbonyl (C=O) groups excluding carboxylic acids is 2. The smallest absolute Gasteiger partial charge is 0.228 e. The number of aromatic nitrogens is 2. The SMILES string of the molecule is N/C(C=O)=C\N(N)CCCCc1ccc(NC(=O)C2CC2)nn1. The molecule has 124 valence electrons. The van der Waals surface area contributed by atoms with Crippen molar-refractivity contribution in [3.05, 3.63) is 29.7 Å². The number of hydrogen-bond acceptors (Lipinski definition) is 7. The summed E-state index contributed by atoms with van der Waals surface area (Å²) in [5.41, 5.74) is 6.32. The van der Waals surface area contributed by atoms with Crippen molar-refractivity contribution < 1.29 is 9.59 Å². The zero-order chi connectivity index (χ0) is 16.7. The number of nitrogens with two attached hydrogens (primary N) is 2. The number of aldehydes is 1. The average molecular weight is 318 g/mol. The molecule has 0 aromatic carbocycles. The summed E-state index contributed by atoms with van der Waals surface area (Å²) in [5.74, 6) is 6.35. The van der Waals surface area contributed by atoms with E-state index in [4.69, 9.17) is 11.6 Å². The minimum absolute atomic E-state index is 0.0257. The fraction of sp³-hybridized carbons (Fsp3) is 0.467. The van der Waals surface area contributed by atoms with E-state index in [0.717, 1.165) is 37.8 Å². The second kappa shape index (κ2) is 8.23. The number of allylic oxidation sites excluding steroid dienone is 1. The van der Waals surface area contributed by atoms with Gasteiger partial charge in [0.15, 0.2) is 12.1 Å². The van der Waals surface area contributed by atoms with Crippen molar-refractivity contribution >= 4 is 18.0 Å². The van der Waals surface area contributed by atoms with Gasteiger partial charge in [0.1, 0.15) is 0 Å². The number of nitrogens with zero attached hydrogens (tertiary/aromatic N) is 3. The van der Waals surface area contributed by atoms with E-state index in [-0.39, 0.29) is 17.5 Å². The molecule has 0 radical (unpaired) electrons. The normalized spacial score (nSPS) is 14.4. The Morgan fingerprint density at radius 3 is 2.74 bits per heavy atom. The first-order chi connectivity index (χ1) is 11.1. The summed E-state index contributed by atoms with van der Waals surface area (Å²) in [6, 6.07) is 3.63. The summed E-state index contributed by atoms with van der Waals surface area (Å²) < 4.78 is 0. The second-order valence-electron chi connectivity index (χ2n) is 5.62. The van der Waals surface area contributed by atoms with Gasteiger partial charge in [0.25, 0.3) is 0 Å². The zero-order valence-electron chi connectivity index (χ0n) is 12.9. The number of unbranched alkanes of at least 4 members (excludes halogenated alkanes) is 1. The van der Waals surface area contributed by atoms with Gasteiger partial charge in [0.05, 0.1) is 11.4 Å². The molecule has 1 amide bonds. The van der Waals surface area contributed by atoms with E-state index in [1.165, 1.54) is 11.2 Å². The molecule has 0 atom stereocenters. The highest BCUT2D eigenvalue weighted by Gasteiger charge is 2.29. The van der Waals surface area contributed by atoms with Gasteiger partial charge in [-0.15, -0.1) is 5.10 Å². The maximum absolute atomic E-state index is 11.6.